The van der Waals surface area contributed by atoms with Gasteiger partial charge < -0.3 is 10.1 Å². The molecule has 4 heteroatoms. The lowest BCUT2D eigenvalue weighted by molar-refractivity contribution is -0.111. The van der Waals surface area contributed by atoms with Crippen LogP contribution in [0.1, 0.15) is 12.5 Å². The van der Waals surface area contributed by atoms with E-state index in [2.05, 4.69) is 5.32 Å². The largest absolute Gasteiger partial charge is 0.496 e. The van der Waals surface area contributed by atoms with Crippen LogP contribution < -0.4 is 10.1 Å². The van der Waals surface area contributed by atoms with Crippen molar-refractivity contribution < 1.29 is 9.53 Å². The number of nitrogens with one attached hydrogen (secondary N) is 1. The quantitative estimate of drug-likeness (QED) is 0.762. The topological polar surface area (TPSA) is 62.1 Å². The molecule has 4 nitrogen and oxygen atoms in total. The van der Waals surface area contributed by atoms with Gasteiger partial charge in [0.1, 0.15) is 5.75 Å². The van der Waals surface area contributed by atoms with Gasteiger partial charge in [-0.15, -0.1) is 0 Å². The van der Waals surface area contributed by atoms with Crippen LogP contribution in [0.15, 0.2) is 18.2 Å². The van der Waals surface area contributed by atoms with Gasteiger partial charge in [0.2, 0.25) is 0 Å². The van der Waals surface area contributed by atoms with Crippen molar-refractivity contribution in [3.8, 4) is 11.8 Å². The lowest BCUT2D eigenvalue weighted by Gasteiger charge is -2.08. The van der Waals surface area contributed by atoms with E-state index in [9.17, 15) is 4.79 Å². The van der Waals surface area contributed by atoms with E-state index in [0.29, 0.717) is 5.69 Å². The smallest absolute Gasteiger partial charge is 0.326 e. The Morgan fingerprint density at radius 2 is 2.33 bits per heavy atom. The standard InChI is InChI=1S/C11H12N2O2/c1-3-8-6-9(13-11(14)7-12)4-5-10(8)15-2/h4-6H,3H2,1-2H3,(H,13,14). The minimum Gasteiger partial charge on any atom is -0.496 e. The van der Waals surface area contributed by atoms with Gasteiger partial charge in [-0.3, -0.25) is 4.79 Å². The number of nitriles is 1. The number of hydrogen-bond donors (Lipinski definition) is 1. The van der Waals surface area contributed by atoms with Crippen LogP contribution in [-0.2, 0) is 11.2 Å². The second-order valence-corrected chi connectivity index (χ2v) is 2.95. The summed E-state index contributed by atoms with van der Waals surface area (Å²) in [6.07, 6.45) is 0.805. The fourth-order valence-electron chi connectivity index (χ4n) is 1.29. The van der Waals surface area contributed by atoms with Gasteiger partial charge >= 0.3 is 5.91 Å². The van der Waals surface area contributed by atoms with Gasteiger partial charge in [-0.2, -0.15) is 5.26 Å². The van der Waals surface area contributed by atoms with Gasteiger partial charge in [-0.25, -0.2) is 0 Å². The van der Waals surface area contributed by atoms with Crippen molar-refractivity contribution in [1.82, 2.24) is 0 Å². The molecule has 1 aromatic rings. The lowest BCUT2D eigenvalue weighted by atomic mass is 10.1. The third-order valence-corrected chi connectivity index (χ3v) is 2.02. The fraction of sp³-hybridized carbons (Fsp3) is 0.273. The van der Waals surface area contributed by atoms with E-state index >= 15 is 0 Å². The number of anilines is 1. The number of rotatable bonds is 3. The molecule has 0 fully saturated rings. The zero-order valence-corrected chi connectivity index (χ0v) is 8.70. The van der Waals surface area contributed by atoms with Crippen molar-refractivity contribution >= 4 is 11.6 Å². The molecular weight excluding hydrogens is 192 g/mol. The molecule has 78 valence electrons. The molecule has 1 amide bonds. The van der Waals surface area contributed by atoms with Crippen LogP contribution in [0.2, 0.25) is 0 Å². The van der Waals surface area contributed by atoms with Gasteiger partial charge in [-0.1, -0.05) is 6.92 Å². The van der Waals surface area contributed by atoms with Gasteiger partial charge in [0.25, 0.3) is 0 Å². The van der Waals surface area contributed by atoms with Crippen LogP contribution in [0.3, 0.4) is 0 Å². The molecule has 0 aromatic heterocycles. The summed E-state index contributed by atoms with van der Waals surface area (Å²) in [4.78, 5) is 10.8. The Morgan fingerprint density at radius 1 is 1.60 bits per heavy atom. The van der Waals surface area contributed by atoms with Gasteiger partial charge in [0, 0.05) is 5.69 Å². The summed E-state index contributed by atoms with van der Waals surface area (Å²) in [6.45, 7) is 1.99. The predicted octanol–water partition coefficient (Wildman–Crippen LogP) is 1.72. The van der Waals surface area contributed by atoms with E-state index in [1.54, 1.807) is 25.3 Å². The van der Waals surface area contributed by atoms with Gasteiger partial charge in [-0.05, 0) is 30.2 Å². The normalized spacial score (nSPS) is 9.13. The van der Waals surface area contributed by atoms with Crippen LogP contribution in [0.5, 0.6) is 5.75 Å². The zero-order chi connectivity index (χ0) is 11.3. The molecular formula is C11H12N2O2. The molecule has 1 N–H and O–H groups in total. The van der Waals surface area contributed by atoms with Crippen molar-refractivity contribution in [2.75, 3.05) is 12.4 Å². The van der Waals surface area contributed by atoms with E-state index in [-0.39, 0.29) is 0 Å². The lowest BCUT2D eigenvalue weighted by Crippen LogP contribution is -2.08. The number of benzene rings is 1. The van der Waals surface area contributed by atoms with E-state index in [4.69, 9.17) is 10.00 Å². The van der Waals surface area contributed by atoms with Crippen LogP contribution in [-0.4, -0.2) is 13.0 Å². The number of nitrogens with zero attached hydrogens (tertiary/aromatic N) is 1. The Morgan fingerprint density at radius 3 is 2.87 bits per heavy atom. The third kappa shape index (κ3) is 2.71. The molecule has 0 aliphatic heterocycles. The fourth-order valence-corrected chi connectivity index (χ4v) is 1.29. The van der Waals surface area contributed by atoms with Crippen LogP contribution >= 0.6 is 0 Å². The third-order valence-electron chi connectivity index (χ3n) is 2.02. The molecule has 0 aliphatic rings. The average Bonchev–Trinajstić information content (AvgIpc) is 2.28. The summed E-state index contributed by atoms with van der Waals surface area (Å²) in [7, 11) is 1.60. The second kappa shape index (κ2) is 5.01. The van der Waals surface area contributed by atoms with Crippen molar-refractivity contribution in [1.29, 1.82) is 5.26 Å². The maximum Gasteiger partial charge on any atom is 0.326 e. The number of ether oxygens (including phenoxy) is 1. The highest BCUT2D eigenvalue weighted by Crippen LogP contribution is 2.22. The Bertz CT molecular complexity index is 408. The first-order valence-electron chi connectivity index (χ1n) is 4.59. The summed E-state index contributed by atoms with van der Waals surface area (Å²) < 4.78 is 5.14. The zero-order valence-electron chi connectivity index (χ0n) is 8.70. The van der Waals surface area contributed by atoms with E-state index in [1.807, 2.05) is 6.92 Å². The molecule has 0 atom stereocenters. The molecule has 1 aromatic carbocycles. The van der Waals surface area contributed by atoms with Crippen LogP contribution in [0, 0.1) is 11.3 Å². The van der Waals surface area contributed by atoms with Crippen molar-refractivity contribution in [2.45, 2.75) is 13.3 Å². The highest BCUT2D eigenvalue weighted by Gasteiger charge is 2.04. The number of hydrogen-bond acceptors (Lipinski definition) is 3. The minimum atomic E-state index is -0.665. The Kier molecular flexibility index (Phi) is 3.69. The Balaban J connectivity index is 2.94. The summed E-state index contributed by atoms with van der Waals surface area (Å²) >= 11 is 0. The van der Waals surface area contributed by atoms with Crippen molar-refractivity contribution in [2.24, 2.45) is 0 Å². The number of carbonyl (C=O) groups excluding carboxylic acids is 1. The SMILES string of the molecule is CCc1cc(NC(=O)C#N)ccc1OC. The summed E-state index contributed by atoms with van der Waals surface area (Å²) in [5.41, 5.74) is 1.60. The first kappa shape index (κ1) is 11.1. The summed E-state index contributed by atoms with van der Waals surface area (Å²) in [5.74, 6) is 0.120. The highest BCUT2D eigenvalue weighted by molar-refractivity contribution is 6.02. The van der Waals surface area contributed by atoms with E-state index in [1.165, 1.54) is 6.07 Å². The first-order chi connectivity index (χ1) is 7.21. The molecule has 15 heavy (non-hydrogen) atoms. The number of methoxy groups -OCH3 is 1. The summed E-state index contributed by atoms with van der Waals surface area (Å²) in [5, 5.41) is 10.8. The second-order valence-electron chi connectivity index (χ2n) is 2.95. The Hall–Kier alpha value is -2.02. The molecule has 1 rings (SSSR count). The monoisotopic (exact) mass is 204 g/mol. The maximum atomic E-state index is 10.8. The number of aryl methyl sites for hydroxylation is 1. The van der Waals surface area contributed by atoms with E-state index in [0.717, 1.165) is 17.7 Å². The van der Waals surface area contributed by atoms with Gasteiger partial charge in [0.05, 0.1) is 7.11 Å². The van der Waals surface area contributed by atoms with Crippen LogP contribution in [0.4, 0.5) is 5.69 Å². The van der Waals surface area contributed by atoms with Gasteiger partial charge in [0.15, 0.2) is 6.07 Å². The first-order valence-corrected chi connectivity index (χ1v) is 4.59. The number of carbonyl (C=O) groups is 1. The van der Waals surface area contributed by atoms with Crippen molar-refractivity contribution in [3.05, 3.63) is 23.8 Å². The maximum absolute atomic E-state index is 10.8. The predicted molar refractivity (Wildman–Crippen MR) is 56.6 cm³/mol. The Labute approximate surface area is 88.5 Å². The average molecular weight is 204 g/mol. The van der Waals surface area contributed by atoms with E-state index < -0.39 is 5.91 Å². The molecule has 0 heterocycles. The summed E-state index contributed by atoms with van der Waals surface area (Å²) in [6, 6.07) is 6.77. The number of amides is 1. The molecule has 0 saturated carbocycles. The minimum absolute atomic E-state index is 0.610. The molecule has 0 radical (unpaired) electrons. The molecule has 0 unspecified atom stereocenters. The van der Waals surface area contributed by atoms with Crippen LogP contribution in [0.25, 0.3) is 0 Å². The molecule has 0 saturated heterocycles. The van der Waals surface area contributed by atoms with Crippen molar-refractivity contribution in [3.63, 3.8) is 0 Å². The highest BCUT2D eigenvalue weighted by atomic mass is 16.5. The molecule has 0 spiro atoms. The molecule has 0 aliphatic carbocycles. The molecule has 0 bridgehead atoms.